The Labute approximate surface area is 207 Å². The van der Waals surface area contributed by atoms with Gasteiger partial charge >= 0.3 is 0 Å². The van der Waals surface area contributed by atoms with Gasteiger partial charge in [-0.2, -0.15) is 0 Å². The maximum absolute atomic E-state index is 13.2. The predicted molar refractivity (Wildman–Crippen MR) is 136 cm³/mol. The molecule has 1 fully saturated rings. The van der Waals surface area contributed by atoms with Gasteiger partial charge in [0, 0.05) is 47.8 Å². The molecule has 0 bridgehead atoms. The second-order valence-electron chi connectivity index (χ2n) is 8.06. The number of Topliss-reactive ketones (excluding diaryl/α,β-unsaturated/α-hetero) is 1. The highest BCUT2D eigenvalue weighted by atomic mass is 79.9. The number of aliphatic hydroxyl groups is 1. The number of amides is 1. The standard InChI is InChI=1S/C27H26BrN3O3/c1-3-30(4-2)22-13-9-19(10-14-22)24-23(25(32)20-7-11-21(28)12-8-20)26(33)27(34)31(24)17-18-6-5-15-29-16-18/h5-16,24,32H,3-4,17H2,1-2H3/b25-23-. The first-order valence-corrected chi connectivity index (χ1v) is 12.0. The van der Waals surface area contributed by atoms with Gasteiger partial charge in [0.25, 0.3) is 11.7 Å². The molecule has 7 heteroatoms. The Bertz CT molecular complexity index is 1200. The fourth-order valence-electron chi connectivity index (χ4n) is 4.30. The number of nitrogens with zero attached hydrogens (tertiary/aromatic N) is 3. The molecule has 1 amide bonds. The van der Waals surface area contributed by atoms with E-state index in [1.165, 1.54) is 4.90 Å². The molecule has 34 heavy (non-hydrogen) atoms. The zero-order valence-electron chi connectivity index (χ0n) is 19.1. The van der Waals surface area contributed by atoms with Crippen molar-refractivity contribution in [3.05, 3.63) is 99.8 Å². The number of rotatable bonds is 7. The molecule has 1 N–H and O–H groups in total. The number of anilines is 1. The fourth-order valence-corrected chi connectivity index (χ4v) is 4.56. The highest BCUT2D eigenvalue weighted by molar-refractivity contribution is 9.10. The lowest BCUT2D eigenvalue weighted by Crippen LogP contribution is -2.29. The number of pyridine rings is 1. The van der Waals surface area contributed by atoms with E-state index >= 15 is 0 Å². The van der Waals surface area contributed by atoms with Gasteiger partial charge in [0.05, 0.1) is 11.6 Å². The third kappa shape index (κ3) is 4.61. The van der Waals surface area contributed by atoms with Crippen LogP contribution < -0.4 is 4.90 Å². The molecule has 2 aromatic carbocycles. The Morgan fingerprint density at radius 2 is 1.71 bits per heavy atom. The van der Waals surface area contributed by atoms with Crippen LogP contribution in [0, 0.1) is 0 Å². The van der Waals surface area contributed by atoms with Crippen molar-refractivity contribution in [3.8, 4) is 0 Å². The quantitative estimate of drug-likeness (QED) is 0.260. The molecule has 0 saturated carbocycles. The first-order chi connectivity index (χ1) is 16.4. The van der Waals surface area contributed by atoms with E-state index in [2.05, 4.69) is 39.7 Å². The Morgan fingerprint density at radius 3 is 2.29 bits per heavy atom. The number of hydrogen-bond donors (Lipinski definition) is 1. The van der Waals surface area contributed by atoms with Crippen molar-refractivity contribution in [1.82, 2.24) is 9.88 Å². The van der Waals surface area contributed by atoms with Crippen LogP contribution in [-0.4, -0.2) is 39.8 Å². The van der Waals surface area contributed by atoms with E-state index < -0.39 is 17.7 Å². The molecule has 174 valence electrons. The summed E-state index contributed by atoms with van der Waals surface area (Å²) >= 11 is 3.39. The molecule has 6 nitrogen and oxygen atoms in total. The lowest BCUT2D eigenvalue weighted by Gasteiger charge is -2.26. The Hall–Kier alpha value is -3.45. The minimum absolute atomic E-state index is 0.0896. The normalized spacial score (nSPS) is 17.3. The van der Waals surface area contributed by atoms with E-state index in [-0.39, 0.29) is 17.9 Å². The molecule has 3 aromatic rings. The van der Waals surface area contributed by atoms with Gasteiger partial charge < -0.3 is 14.9 Å². The van der Waals surface area contributed by atoms with Crippen LogP contribution in [0.1, 0.15) is 36.6 Å². The van der Waals surface area contributed by atoms with Crippen LogP contribution in [0.2, 0.25) is 0 Å². The van der Waals surface area contributed by atoms with Crippen LogP contribution in [0.25, 0.3) is 5.76 Å². The zero-order chi connectivity index (χ0) is 24.2. The molecule has 1 aliphatic rings. The van der Waals surface area contributed by atoms with Gasteiger partial charge in [0.1, 0.15) is 5.76 Å². The number of likely N-dealkylation sites (tertiary alicyclic amines) is 1. The summed E-state index contributed by atoms with van der Waals surface area (Å²) in [5.41, 5.74) is 3.19. The highest BCUT2D eigenvalue weighted by Crippen LogP contribution is 2.40. The number of benzene rings is 2. The molecule has 0 spiro atoms. The van der Waals surface area contributed by atoms with Crippen LogP contribution in [0.5, 0.6) is 0 Å². The van der Waals surface area contributed by atoms with Gasteiger partial charge in [-0.05, 0) is 55.3 Å². The van der Waals surface area contributed by atoms with Gasteiger partial charge in [-0.25, -0.2) is 0 Å². The lowest BCUT2D eigenvalue weighted by atomic mass is 9.95. The number of carbonyl (C=O) groups excluding carboxylic acids is 2. The Balaban J connectivity index is 1.82. The molecule has 1 unspecified atom stereocenters. The number of halogens is 1. The highest BCUT2D eigenvalue weighted by Gasteiger charge is 2.46. The number of aromatic nitrogens is 1. The molecule has 0 radical (unpaired) electrons. The van der Waals surface area contributed by atoms with Gasteiger partial charge in [-0.1, -0.05) is 46.3 Å². The van der Waals surface area contributed by atoms with Crippen molar-refractivity contribution < 1.29 is 14.7 Å². The number of carbonyl (C=O) groups is 2. The predicted octanol–water partition coefficient (Wildman–Crippen LogP) is 5.31. The second-order valence-corrected chi connectivity index (χ2v) is 8.97. The number of hydrogen-bond acceptors (Lipinski definition) is 5. The average molecular weight is 520 g/mol. The van der Waals surface area contributed by atoms with E-state index in [9.17, 15) is 14.7 Å². The maximum Gasteiger partial charge on any atom is 0.295 e. The van der Waals surface area contributed by atoms with Crippen LogP contribution in [0.15, 0.2) is 83.1 Å². The summed E-state index contributed by atoms with van der Waals surface area (Å²) in [4.78, 5) is 34.2. The average Bonchev–Trinajstić information content (AvgIpc) is 3.11. The largest absolute Gasteiger partial charge is 0.507 e. The molecule has 1 saturated heterocycles. The fraction of sp³-hybridized carbons (Fsp3) is 0.222. The maximum atomic E-state index is 13.2. The topological polar surface area (TPSA) is 73.7 Å². The molecule has 2 heterocycles. The van der Waals surface area contributed by atoms with Gasteiger partial charge in [-0.15, -0.1) is 0 Å². The third-order valence-corrected chi connectivity index (χ3v) is 6.60. The first-order valence-electron chi connectivity index (χ1n) is 11.2. The monoisotopic (exact) mass is 519 g/mol. The van der Waals surface area contributed by atoms with Crippen LogP contribution >= 0.6 is 15.9 Å². The lowest BCUT2D eigenvalue weighted by molar-refractivity contribution is -0.140. The summed E-state index contributed by atoms with van der Waals surface area (Å²) in [6.07, 6.45) is 3.34. The summed E-state index contributed by atoms with van der Waals surface area (Å²) in [5.74, 6) is -1.51. The van der Waals surface area contributed by atoms with Crippen molar-refractivity contribution in [1.29, 1.82) is 0 Å². The van der Waals surface area contributed by atoms with Crippen LogP contribution in [0.3, 0.4) is 0 Å². The van der Waals surface area contributed by atoms with Crippen molar-refractivity contribution in [2.45, 2.75) is 26.4 Å². The molecule has 4 rings (SSSR count). The van der Waals surface area contributed by atoms with Crippen LogP contribution in [0.4, 0.5) is 5.69 Å². The van der Waals surface area contributed by atoms with Crippen molar-refractivity contribution in [2.75, 3.05) is 18.0 Å². The van der Waals surface area contributed by atoms with E-state index in [1.807, 2.05) is 30.3 Å². The number of ketones is 1. The summed E-state index contributed by atoms with van der Waals surface area (Å²) in [6, 6.07) is 17.8. The van der Waals surface area contributed by atoms with E-state index in [4.69, 9.17) is 0 Å². The third-order valence-electron chi connectivity index (χ3n) is 6.07. The Kier molecular flexibility index (Phi) is 7.12. The molecular weight excluding hydrogens is 494 g/mol. The van der Waals surface area contributed by atoms with E-state index in [0.29, 0.717) is 5.56 Å². The van der Waals surface area contributed by atoms with E-state index in [0.717, 1.165) is 34.4 Å². The minimum atomic E-state index is -0.713. The zero-order valence-corrected chi connectivity index (χ0v) is 20.7. The van der Waals surface area contributed by atoms with E-state index in [1.54, 1.807) is 42.7 Å². The van der Waals surface area contributed by atoms with Crippen molar-refractivity contribution >= 4 is 39.1 Å². The Morgan fingerprint density at radius 1 is 1.03 bits per heavy atom. The SMILES string of the molecule is CCN(CC)c1ccc(C2/C(=C(/O)c3ccc(Br)cc3)C(=O)C(=O)N2Cc2cccnc2)cc1. The smallest absolute Gasteiger partial charge is 0.295 e. The van der Waals surface area contributed by atoms with Gasteiger partial charge in [0.15, 0.2) is 0 Å². The van der Waals surface area contributed by atoms with Gasteiger partial charge in [-0.3, -0.25) is 14.6 Å². The molecular formula is C27H26BrN3O3. The summed E-state index contributed by atoms with van der Waals surface area (Å²) in [7, 11) is 0. The van der Waals surface area contributed by atoms with Gasteiger partial charge in [0.2, 0.25) is 0 Å². The summed E-state index contributed by atoms with van der Waals surface area (Å²) in [6.45, 7) is 6.15. The summed E-state index contributed by atoms with van der Waals surface area (Å²) in [5, 5.41) is 11.2. The van der Waals surface area contributed by atoms with Crippen molar-refractivity contribution in [3.63, 3.8) is 0 Å². The molecule has 1 aromatic heterocycles. The second kappa shape index (κ2) is 10.2. The van der Waals surface area contributed by atoms with Crippen LogP contribution in [-0.2, 0) is 16.1 Å². The molecule has 0 aliphatic carbocycles. The summed E-state index contributed by atoms with van der Waals surface area (Å²) < 4.78 is 0.852. The van der Waals surface area contributed by atoms with Crippen molar-refractivity contribution in [2.24, 2.45) is 0 Å². The minimum Gasteiger partial charge on any atom is -0.507 e. The first kappa shape index (κ1) is 23.7. The molecule has 1 aliphatic heterocycles. The molecule has 1 atom stereocenters. The number of aliphatic hydroxyl groups excluding tert-OH is 1.